The minimum absolute atomic E-state index is 0.0904. The number of hydrogen-bond donors (Lipinski definition) is 2. The second-order valence-electron chi connectivity index (χ2n) is 4.01. The summed E-state index contributed by atoms with van der Waals surface area (Å²) in [6, 6.07) is 1.84. The van der Waals surface area contributed by atoms with E-state index in [1.165, 1.54) is 0 Å². The van der Waals surface area contributed by atoms with Gasteiger partial charge in [0.05, 0.1) is 0 Å². The quantitative estimate of drug-likeness (QED) is 0.681. The summed E-state index contributed by atoms with van der Waals surface area (Å²) in [5, 5.41) is 0. The molecule has 0 aromatic carbocycles. The van der Waals surface area contributed by atoms with Crippen molar-refractivity contribution in [2.24, 2.45) is 5.73 Å². The number of nitrogens with zero attached hydrogens (tertiary/aromatic N) is 2. The third kappa shape index (κ3) is 2.36. The first-order valence-electron chi connectivity index (χ1n) is 5.23. The van der Waals surface area contributed by atoms with Crippen LogP contribution < -0.4 is 16.2 Å². The third-order valence-electron chi connectivity index (χ3n) is 2.71. The number of aryl methyl sites for hydroxylation is 1. The van der Waals surface area contributed by atoms with E-state index in [9.17, 15) is 4.79 Å². The van der Waals surface area contributed by atoms with Gasteiger partial charge < -0.3 is 15.6 Å². The topological polar surface area (TPSA) is 75.0 Å². The molecule has 0 spiro atoms. The van der Waals surface area contributed by atoms with E-state index in [1.807, 2.05) is 0 Å². The van der Waals surface area contributed by atoms with Crippen LogP contribution in [0.15, 0.2) is 10.9 Å². The summed E-state index contributed by atoms with van der Waals surface area (Å²) in [6.07, 6.45) is 1.93. The molecule has 5 nitrogen and oxygen atoms in total. The van der Waals surface area contributed by atoms with Gasteiger partial charge in [0.2, 0.25) is 0 Å². The van der Waals surface area contributed by atoms with Gasteiger partial charge in [-0.1, -0.05) is 0 Å². The second kappa shape index (κ2) is 4.02. The number of piperidine rings is 1. The highest BCUT2D eigenvalue weighted by Gasteiger charge is 2.17. The van der Waals surface area contributed by atoms with Gasteiger partial charge in [-0.15, -0.1) is 0 Å². The second-order valence-corrected chi connectivity index (χ2v) is 4.01. The first-order valence-corrected chi connectivity index (χ1v) is 5.23. The van der Waals surface area contributed by atoms with Crippen LogP contribution in [-0.4, -0.2) is 29.1 Å². The number of nitrogens with one attached hydrogen (secondary N) is 1. The SMILES string of the molecule is Cc1nc(N2CCC(N)CC2)cc(=O)[nH]1. The van der Waals surface area contributed by atoms with Gasteiger partial charge in [-0.25, -0.2) is 4.98 Å². The van der Waals surface area contributed by atoms with Gasteiger partial charge >= 0.3 is 0 Å². The zero-order valence-corrected chi connectivity index (χ0v) is 8.86. The first kappa shape index (κ1) is 10.2. The Kier molecular flexibility index (Phi) is 2.73. The van der Waals surface area contributed by atoms with E-state index in [2.05, 4.69) is 14.9 Å². The zero-order valence-electron chi connectivity index (χ0n) is 8.86. The van der Waals surface area contributed by atoms with Crippen molar-refractivity contribution in [1.29, 1.82) is 0 Å². The molecule has 0 bridgehead atoms. The van der Waals surface area contributed by atoms with Gasteiger partial charge in [-0.3, -0.25) is 4.79 Å². The van der Waals surface area contributed by atoms with Gasteiger partial charge in [0.1, 0.15) is 11.6 Å². The van der Waals surface area contributed by atoms with Gasteiger partial charge in [-0.2, -0.15) is 0 Å². The van der Waals surface area contributed by atoms with Crippen molar-refractivity contribution in [2.75, 3.05) is 18.0 Å². The van der Waals surface area contributed by atoms with Crippen LogP contribution in [0, 0.1) is 6.92 Å². The average Bonchev–Trinajstić information content (AvgIpc) is 2.17. The Bertz CT molecular complexity index is 393. The Labute approximate surface area is 88.3 Å². The molecule has 2 heterocycles. The highest BCUT2D eigenvalue weighted by molar-refractivity contribution is 5.37. The van der Waals surface area contributed by atoms with Crippen LogP contribution in [-0.2, 0) is 0 Å². The van der Waals surface area contributed by atoms with Crippen LogP contribution in [0.5, 0.6) is 0 Å². The lowest BCUT2D eigenvalue weighted by molar-refractivity contribution is 0.498. The van der Waals surface area contributed by atoms with E-state index in [4.69, 9.17) is 5.73 Å². The summed E-state index contributed by atoms with van der Waals surface area (Å²) in [6.45, 7) is 3.56. The predicted molar refractivity (Wildman–Crippen MR) is 59.0 cm³/mol. The molecule has 3 N–H and O–H groups in total. The summed E-state index contributed by atoms with van der Waals surface area (Å²) in [5.74, 6) is 1.43. The fourth-order valence-corrected chi connectivity index (χ4v) is 1.85. The molecule has 0 amide bonds. The molecule has 1 saturated heterocycles. The van der Waals surface area contributed by atoms with Crippen LogP contribution in [0.3, 0.4) is 0 Å². The summed E-state index contributed by atoms with van der Waals surface area (Å²) < 4.78 is 0. The van der Waals surface area contributed by atoms with E-state index >= 15 is 0 Å². The molecule has 5 heteroatoms. The lowest BCUT2D eigenvalue weighted by Crippen LogP contribution is -2.40. The van der Waals surface area contributed by atoms with Crippen molar-refractivity contribution in [3.05, 3.63) is 22.2 Å². The standard InChI is InChI=1S/C10H16N4O/c1-7-12-9(6-10(15)13-7)14-4-2-8(11)3-5-14/h6,8H,2-5,11H2,1H3,(H,12,13,15). The minimum atomic E-state index is -0.0904. The largest absolute Gasteiger partial charge is 0.356 e. The number of aromatic nitrogens is 2. The maximum absolute atomic E-state index is 11.3. The van der Waals surface area contributed by atoms with E-state index in [-0.39, 0.29) is 5.56 Å². The Morgan fingerprint density at radius 1 is 1.53 bits per heavy atom. The van der Waals surface area contributed by atoms with Crippen LogP contribution in [0.1, 0.15) is 18.7 Å². The fraction of sp³-hybridized carbons (Fsp3) is 0.600. The maximum Gasteiger partial charge on any atom is 0.252 e. The molecular weight excluding hydrogens is 192 g/mol. The Morgan fingerprint density at radius 2 is 2.20 bits per heavy atom. The molecule has 1 aromatic heterocycles. The Morgan fingerprint density at radius 3 is 2.80 bits per heavy atom. The Hall–Kier alpha value is -1.36. The van der Waals surface area contributed by atoms with Gasteiger partial charge in [0.15, 0.2) is 0 Å². The smallest absolute Gasteiger partial charge is 0.252 e. The minimum Gasteiger partial charge on any atom is -0.356 e. The number of H-pyrrole nitrogens is 1. The molecule has 15 heavy (non-hydrogen) atoms. The van der Waals surface area contributed by atoms with Crippen molar-refractivity contribution >= 4 is 5.82 Å². The van der Waals surface area contributed by atoms with Gasteiger partial charge in [0.25, 0.3) is 5.56 Å². The van der Waals surface area contributed by atoms with Crippen LogP contribution in [0.4, 0.5) is 5.82 Å². The number of aromatic amines is 1. The molecule has 0 saturated carbocycles. The lowest BCUT2D eigenvalue weighted by Gasteiger charge is -2.30. The summed E-state index contributed by atoms with van der Waals surface area (Å²) in [5.41, 5.74) is 5.73. The molecule has 1 fully saturated rings. The molecule has 2 rings (SSSR count). The molecule has 0 aliphatic carbocycles. The summed E-state index contributed by atoms with van der Waals surface area (Å²) in [4.78, 5) is 20.3. The van der Waals surface area contributed by atoms with Crippen molar-refractivity contribution < 1.29 is 0 Å². The molecule has 1 aliphatic rings. The van der Waals surface area contributed by atoms with Gasteiger partial charge in [-0.05, 0) is 19.8 Å². The number of anilines is 1. The zero-order chi connectivity index (χ0) is 10.8. The van der Waals surface area contributed by atoms with Crippen molar-refractivity contribution in [1.82, 2.24) is 9.97 Å². The molecule has 0 radical (unpaired) electrons. The molecule has 1 aromatic rings. The van der Waals surface area contributed by atoms with E-state index in [1.54, 1.807) is 13.0 Å². The van der Waals surface area contributed by atoms with Crippen LogP contribution in [0.2, 0.25) is 0 Å². The van der Waals surface area contributed by atoms with Crippen LogP contribution >= 0.6 is 0 Å². The molecule has 0 atom stereocenters. The fourth-order valence-electron chi connectivity index (χ4n) is 1.85. The third-order valence-corrected chi connectivity index (χ3v) is 2.71. The highest BCUT2D eigenvalue weighted by Crippen LogP contribution is 2.15. The van der Waals surface area contributed by atoms with Crippen molar-refractivity contribution in [3.8, 4) is 0 Å². The van der Waals surface area contributed by atoms with Gasteiger partial charge in [0, 0.05) is 25.2 Å². The lowest BCUT2D eigenvalue weighted by atomic mass is 10.1. The normalized spacial score (nSPS) is 18.1. The van der Waals surface area contributed by atoms with Crippen molar-refractivity contribution in [3.63, 3.8) is 0 Å². The van der Waals surface area contributed by atoms with Crippen LogP contribution in [0.25, 0.3) is 0 Å². The van der Waals surface area contributed by atoms with Crippen molar-refractivity contribution in [2.45, 2.75) is 25.8 Å². The molecule has 1 aliphatic heterocycles. The number of rotatable bonds is 1. The average molecular weight is 208 g/mol. The molecule has 82 valence electrons. The summed E-state index contributed by atoms with van der Waals surface area (Å²) >= 11 is 0. The number of hydrogen-bond acceptors (Lipinski definition) is 4. The van der Waals surface area contributed by atoms with E-state index < -0.39 is 0 Å². The highest BCUT2D eigenvalue weighted by atomic mass is 16.1. The van der Waals surface area contributed by atoms with E-state index in [0.717, 1.165) is 31.7 Å². The maximum atomic E-state index is 11.3. The molecule has 0 unspecified atom stereocenters. The molecular formula is C10H16N4O. The number of nitrogens with two attached hydrogens (primary N) is 1. The van der Waals surface area contributed by atoms with E-state index in [0.29, 0.717) is 11.9 Å². The monoisotopic (exact) mass is 208 g/mol. The first-order chi connectivity index (χ1) is 7.15. The summed E-state index contributed by atoms with van der Waals surface area (Å²) in [7, 11) is 0. The predicted octanol–water partition coefficient (Wildman–Crippen LogP) is 0.00582. The Balaban J connectivity index is 2.19.